The monoisotopic (exact) mass is 213 g/mol. The van der Waals surface area contributed by atoms with E-state index in [2.05, 4.69) is 43.9 Å². The minimum atomic E-state index is 1.04. The average molecular weight is 213 g/mol. The molecule has 0 atom stereocenters. The second kappa shape index (κ2) is 5.96. The Morgan fingerprint density at radius 3 is 2.62 bits per heavy atom. The summed E-state index contributed by atoms with van der Waals surface area (Å²) < 4.78 is 0. The maximum atomic E-state index is 4.07. The Bertz CT molecular complexity index is 425. The largest absolute Gasteiger partial charge is 0.394 e. The lowest BCUT2D eigenvalue weighted by atomic mass is 9.99. The van der Waals surface area contributed by atoms with Crippen LogP contribution in [0, 0.1) is 13.8 Å². The number of hydrogen-bond acceptors (Lipinski definition) is 1. The smallest absolute Gasteiger partial charge is 0.00277 e. The number of rotatable bonds is 4. The number of benzene rings is 1. The van der Waals surface area contributed by atoms with E-state index in [0.29, 0.717) is 0 Å². The molecule has 1 N–H and O–H groups in total. The molecule has 0 aliphatic carbocycles. The molecule has 1 nitrogen and oxygen atoms in total. The van der Waals surface area contributed by atoms with Gasteiger partial charge in [-0.2, -0.15) is 0 Å². The van der Waals surface area contributed by atoms with Crippen molar-refractivity contribution in [3.63, 3.8) is 0 Å². The second-order valence-corrected chi connectivity index (χ2v) is 3.85. The van der Waals surface area contributed by atoms with Crippen LogP contribution in [0.4, 0.5) is 0 Å². The fourth-order valence-electron chi connectivity index (χ4n) is 1.59. The fourth-order valence-corrected chi connectivity index (χ4v) is 1.59. The van der Waals surface area contributed by atoms with Crippen LogP contribution in [-0.4, -0.2) is 7.05 Å². The van der Waals surface area contributed by atoms with Gasteiger partial charge in [-0.3, -0.25) is 0 Å². The van der Waals surface area contributed by atoms with Crippen molar-refractivity contribution in [1.29, 1.82) is 0 Å². The summed E-state index contributed by atoms with van der Waals surface area (Å²) >= 11 is 0. The quantitative estimate of drug-likeness (QED) is 0.753. The van der Waals surface area contributed by atoms with E-state index in [0.717, 1.165) is 5.57 Å². The van der Waals surface area contributed by atoms with Gasteiger partial charge in [-0.1, -0.05) is 42.5 Å². The molecule has 0 fully saturated rings. The maximum absolute atomic E-state index is 4.07. The van der Waals surface area contributed by atoms with E-state index < -0.39 is 0 Å². The van der Waals surface area contributed by atoms with Crippen molar-refractivity contribution < 1.29 is 0 Å². The third-order valence-corrected chi connectivity index (χ3v) is 2.40. The molecule has 0 bridgehead atoms. The molecule has 0 aliphatic rings. The Labute approximate surface area is 98.2 Å². The number of nitrogens with one attached hydrogen (secondary N) is 1. The topological polar surface area (TPSA) is 12.0 Å². The van der Waals surface area contributed by atoms with Crippen molar-refractivity contribution in [2.45, 2.75) is 13.8 Å². The molecule has 0 amide bonds. The average Bonchev–Trinajstić information content (AvgIpc) is 2.24. The molecular formula is C15H19N. The van der Waals surface area contributed by atoms with Gasteiger partial charge in [0, 0.05) is 7.05 Å². The molecule has 1 aromatic rings. The van der Waals surface area contributed by atoms with Crippen molar-refractivity contribution in [2.24, 2.45) is 0 Å². The molecule has 1 aromatic carbocycles. The first-order valence-corrected chi connectivity index (χ1v) is 5.42. The second-order valence-electron chi connectivity index (χ2n) is 3.85. The van der Waals surface area contributed by atoms with Gasteiger partial charge < -0.3 is 5.32 Å². The maximum Gasteiger partial charge on any atom is 0.00277 e. The Balaban J connectivity index is 2.81. The predicted octanol–water partition coefficient (Wildman–Crippen LogP) is 3.61. The highest BCUT2D eigenvalue weighted by molar-refractivity contribution is 5.74. The zero-order chi connectivity index (χ0) is 12.0. The van der Waals surface area contributed by atoms with Gasteiger partial charge in [0.05, 0.1) is 0 Å². The first-order valence-electron chi connectivity index (χ1n) is 5.42. The van der Waals surface area contributed by atoms with Gasteiger partial charge in [0.15, 0.2) is 0 Å². The van der Waals surface area contributed by atoms with E-state index in [1.165, 1.54) is 16.7 Å². The predicted molar refractivity (Wildman–Crippen MR) is 72.3 cm³/mol. The van der Waals surface area contributed by atoms with Gasteiger partial charge in [0.25, 0.3) is 0 Å². The molecular weight excluding hydrogens is 194 g/mol. The van der Waals surface area contributed by atoms with Gasteiger partial charge in [0.1, 0.15) is 0 Å². The zero-order valence-corrected chi connectivity index (χ0v) is 10.2. The first kappa shape index (κ1) is 12.3. The lowest BCUT2D eigenvalue weighted by Gasteiger charge is -2.06. The first-order chi connectivity index (χ1) is 7.65. The fraction of sp³-hybridized carbons (Fsp3) is 0.200. The number of aryl methyl sites for hydroxylation is 2. The Morgan fingerprint density at radius 2 is 2.00 bits per heavy atom. The van der Waals surface area contributed by atoms with Crippen LogP contribution in [0.15, 0.2) is 49.2 Å². The minimum Gasteiger partial charge on any atom is -0.394 e. The van der Waals surface area contributed by atoms with Crippen LogP contribution in [0.2, 0.25) is 0 Å². The third kappa shape index (κ3) is 3.43. The van der Waals surface area contributed by atoms with Crippen molar-refractivity contribution in [3.05, 3.63) is 65.9 Å². The molecule has 1 heteroatoms. The van der Waals surface area contributed by atoms with Crippen molar-refractivity contribution in [2.75, 3.05) is 7.05 Å². The highest BCUT2D eigenvalue weighted by Crippen LogP contribution is 2.19. The van der Waals surface area contributed by atoms with E-state index in [1.54, 1.807) is 0 Å². The Hall–Kier alpha value is -1.76. The van der Waals surface area contributed by atoms with Gasteiger partial charge >= 0.3 is 0 Å². The van der Waals surface area contributed by atoms with Gasteiger partial charge in [-0.25, -0.2) is 0 Å². The molecule has 1 rings (SSSR count). The van der Waals surface area contributed by atoms with E-state index >= 15 is 0 Å². The lowest BCUT2D eigenvalue weighted by Crippen LogP contribution is -1.89. The molecule has 16 heavy (non-hydrogen) atoms. The van der Waals surface area contributed by atoms with Crippen LogP contribution < -0.4 is 5.32 Å². The molecule has 84 valence electrons. The SMILES string of the molecule is C=C(/C=C\C=C/NC)c1ccc(C)cc1C. The Morgan fingerprint density at radius 1 is 1.25 bits per heavy atom. The van der Waals surface area contributed by atoms with E-state index in [-0.39, 0.29) is 0 Å². The van der Waals surface area contributed by atoms with E-state index in [4.69, 9.17) is 0 Å². The third-order valence-electron chi connectivity index (χ3n) is 2.40. The zero-order valence-electron chi connectivity index (χ0n) is 10.2. The Kier molecular flexibility index (Phi) is 4.59. The molecule has 0 spiro atoms. The normalized spacial score (nSPS) is 11.2. The summed E-state index contributed by atoms with van der Waals surface area (Å²) in [4.78, 5) is 0. The summed E-state index contributed by atoms with van der Waals surface area (Å²) in [6, 6.07) is 6.42. The van der Waals surface area contributed by atoms with Gasteiger partial charge in [-0.05, 0) is 42.8 Å². The van der Waals surface area contributed by atoms with Crippen molar-refractivity contribution in [3.8, 4) is 0 Å². The van der Waals surface area contributed by atoms with Crippen LogP contribution in [0.1, 0.15) is 16.7 Å². The molecule has 0 saturated heterocycles. The van der Waals surface area contributed by atoms with Crippen LogP contribution in [-0.2, 0) is 0 Å². The van der Waals surface area contributed by atoms with Crippen LogP contribution >= 0.6 is 0 Å². The summed E-state index contributed by atoms with van der Waals surface area (Å²) in [6.45, 7) is 8.29. The van der Waals surface area contributed by atoms with Gasteiger partial charge in [0.2, 0.25) is 0 Å². The molecule has 0 aromatic heterocycles. The van der Waals surface area contributed by atoms with Crippen molar-refractivity contribution >= 4 is 5.57 Å². The minimum absolute atomic E-state index is 1.04. The molecule has 0 saturated carbocycles. The number of allylic oxidation sites excluding steroid dienone is 4. The summed E-state index contributed by atoms with van der Waals surface area (Å²) in [7, 11) is 1.88. The summed E-state index contributed by atoms with van der Waals surface area (Å²) in [6.07, 6.45) is 7.84. The summed E-state index contributed by atoms with van der Waals surface area (Å²) in [5, 5.41) is 2.94. The molecule has 0 heterocycles. The van der Waals surface area contributed by atoms with Crippen LogP contribution in [0.25, 0.3) is 5.57 Å². The number of hydrogen-bond donors (Lipinski definition) is 1. The highest BCUT2D eigenvalue weighted by Gasteiger charge is 1.99. The molecule has 0 unspecified atom stereocenters. The highest BCUT2D eigenvalue weighted by atomic mass is 14.8. The van der Waals surface area contributed by atoms with Crippen molar-refractivity contribution in [1.82, 2.24) is 5.32 Å². The standard InChI is InChI=1S/C15H19N/c1-12-8-9-15(14(3)11-12)13(2)7-5-6-10-16-4/h5-11,16H,2H2,1,3-4H3/b7-5-,10-6-. The summed E-state index contributed by atoms with van der Waals surface area (Å²) in [5.41, 5.74) is 4.80. The lowest BCUT2D eigenvalue weighted by molar-refractivity contribution is 1.10. The van der Waals surface area contributed by atoms with E-state index in [1.807, 2.05) is 31.5 Å². The van der Waals surface area contributed by atoms with E-state index in [9.17, 15) is 0 Å². The molecule has 0 radical (unpaired) electrons. The van der Waals surface area contributed by atoms with Crippen LogP contribution in [0.5, 0.6) is 0 Å². The molecule has 0 aliphatic heterocycles. The van der Waals surface area contributed by atoms with Crippen LogP contribution in [0.3, 0.4) is 0 Å². The van der Waals surface area contributed by atoms with Gasteiger partial charge in [-0.15, -0.1) is 0 Å². The summed E-state index contributed by atoms with van der Waals surface area (Å²) in [5.74, 6) is 0.